The molecule has 0 bridgehead atoms. The predicted octanol–water partition coefficient (Wildman–Crippen LogP) is 2.49. The molecule has 4 heterocycles. The molecule has 26 heavy (non-hydrogen) atoms. The van der Waals surface area contributed by atoms with Gasteiger partial charge in [-0.3, -0.25) is 9.78 Å². The first-order valence-electron chi connectivity index (χ1n) is 9.05. The maximum absolute atomic E-state index is 12.6. The average Bonchev–Trinajstić information content (AvgIpc) is 3.05. The molecule has 1 unspecified atom stereocenters. The number of hydrogen-bond acceptors (Lipinski definition) is 5. The molecule has 2 aromatic rings. The van der Waals surface area contributed by atoms with Crippen LogP contribution in [0.15, 0.2) is 42.9 Å². The van der Waals surface area contributed by atoms with Gasteiger partial charge in [0.25, 0.3) is 5.91 Å². The third-order valence-corrected chi connectivity index (χ3v) is 5.28. The third kappa shape index (κ3) is 3.29. The highest BCUT2D eigenvalue weighted by atomic mass is 16.5. The zero-order valence-electron chi connectivity index (χ0n) is 14.9. The van der Waals surface area contributed by atoms with Crippen molar-refractivity contribution in [2.24, 2.45) is 5.92 Å². The number of aryl methyl sites for hydroxylation is 1. The summed E-state index contributed by atoms with van der Waals surface area (Å²) < 4.78 is 11.8. The summed E-state index contributed by atoms with van der Waals surface area (Å²) in [5.41, 5.74) is 1.43. The Labute approximate surface area is 153 Å². The Morgan fingerprint density at radius 1 is 1.38 bits per heavy atom. The second-order valence-electron chi connectivity index (χ2n) is 7.12. The molecule has 1 amide bonds. The topological polar surface area (TPSA) is 64.6 Å². The van der Waals surface area contributed by atoms with Gasteiger partial charge in [-0.05, 0) is 43.4 Å². The third-order valence-electron chi connectivity index (χ3n) is 5.28. The second-order valence-corrected chi connectivity index (χ2v) is 7.12. The Hall–Kier alpha value is -2.47. The maximum atomic E-state index is 12.6. The van der Waals surface area contributed by atoms with Gasteiger partial charge in [-0.2, -0.15) is 0 Å². The number of carbonyl (C=O) groups excluding carboxylic acids is 1. The van der Waals surface area contributed by atoms with Crippen LogP contribution in [0.2, 0.25) is 0 Å². The molecule has 2 aliphatic heterocycles. The van der Waals surface area contributed by atoms with Gasteiger partial charge in [-0.1, -0.05) is 6.07 Å². The quantitative estimate of drug-likeness (QED) is 0.826. The van der Waals surface area contributed by atoms with Gasteiger partial charge in [0, 0.05) is 31.3 Å². The number of hydrogen-bond donors (Lipinski definition) is 0. The van der Waals surface area contributed by atoms with Crippen molar-refractivity contribution in [2.75, 3.05) is 26.3 Å². The van der Waals surface area contributed by atoms with E-state index in [0.29, 0.717) is 37.1 Å². The van der Waals surface area contributed by atoms with Gasteiger partial charge in [0.1, 0.15) is 5.60 Å². The van der Waals surface area contributed by atoms with E-state index in [1.54, 1.807) is 18.6 Å². The number of pyridine rings is 2. The van der Waals surface area contributed by atoms with Gasteiger partial charge in [0.05, 0.1) is 25.3 Å². The second kappa shape index (κ2) is 7.03. The maximum Gasteiger partial charge on any atom is 0.255 e. The van der Waals surface area contributed by atoms with Gasteiger partial charge in [0.2, 0.25) is 5.88 Å². The molecule has 2 aliphatic rings. The summed E-state index contributed by atoms with van der Waals surface area (Å²) in [6.45, 7) is 4.60. The largest absolute Gasteiger partial charge is 0.478 e. The normalized spacial score (nSPS) is 20.8. The Balaban J connectivity index is 1.32. The molecule has 1 atom stereocenters. The minimum absolute atomic E-state index is 0.0332. The molecule has 0 radical (unpaired) electrons. The molecule has 6 nitrogen and oxygen atoms in total. The lowest BCUT2D eigenvalue weighted by Crippen LogP contribution is -2.66. The number of likely N-dealkylation sites (tertiary alicyclic amines) is 1. The lowest BCUT2D eigenvalue weighted by atomic mass is 9.79. The molecule has 2 saturated heterocycles. The minimum Gasteiger partial charge on any atom is -0.478 e. The van der Waals surface area contributed by atoms with E-state index in [1.807, 2.05) is 36.1 Å². The lowest BCUT2D eigenvalue weighted by molar-refractivity contribution is -0.119. The van der Waals surface area contributed by atoms with Gasteiger partial charge in [0.15, 0.2) is 0 Å². The van der Waals surface area contributed by atoms with E-state index >= 15 is 0 Å². The zero-order chi connectivity index (χ0) is 18.0. The van der Waals surface area contributed by atoms with Crippen LogP contribution < -0.4 is 4.74 Å². The van der Waals surface area contributed by atoms with Crippen LogP contribution in [0.25, 0.3) is 0 Å². The highest BCUT2D eigenvalue weighted by Gasteiger charge is 2.54. The number of rotatable bonds is 5. The molecule has 136 valence electrons. The predicted molar refractivity (Wildman–Crippen MR) is 96.0 cm³/mol. The van der Waals surface area contributed by atoms with Crippen molar-refractivity contribution in [2.45, 2.75) is 25.4 Å². The van der Waals surface area contributed by atoms with Crippen molar-refractivity contribution in [3.8, 4) is 5.88 Å². The van der Waals surface area contributed by atoms with E-state index in [2.05, 4.69) is 9.97 Å². The van der Waals surface area contributed by atoms with Crippen LogP contribution in [-0.4, -0.2) is 52.7 Å². The molecule has 0 N–H and O–H groups in total. The molecule has 0 aromatic carbocycles. The zero-order valence-corrected chi connectivity index (χ0v) is 14.9. The van der Waals surface area contributed by atoms with Crippen molar-refractivity contribution in [1.82, 2.24) is 14.9 Å². The van der Waals surface area contributed by atoms with Crippen molar-refractivity contribution in [1.29, 1.82) is 0 Å². The molecule has 4 rings (SSSR count). The fourth-order valence-corrected chi connectivity index (χ4v) is 3.88. The standard InChI is InChI=1S/C20H23N3O3/c1-15-10-16(12-21-11-15)19(24)23-13-20(14-23)17(6-9-26-20)5-8-25-18-4-2-3-7-22-18/h2-4,7,10-12,17H,5-6,8-9,13-14H2,1H3. The van der Waals surface area contributed by atoms with E-state index in [1.165, 1.54) is 0 Å². The molecular formula is C20H23N3O3. The summed E-state index contributed by atoms with van der Waals surface area (Å²) in [5.74, 6) is 1.09. The lowest BCUT2D eigenvalue weighted by Gasteiger charge is -2.50. The average molecular weight is 353 g/mol. The van der Waals surface area contributed by atoms with Crippen LogP contribution in [-0.2, 0) is 4.74 Å². The molecule has 6 heteroatoms. The van der Waals surface area contributed by atoms with Crippen LogP contribution in [0.5, 0.6) is 5.88 Å². The molecular weight excluding hydrogens is 330 g/mol. The summed E-state index contributed by atoms with van der Waals surface area (Å²) in [6.07, 6.45) is 7.04. The number of amides is 1. The van der Waals surface area contributed by atoms with Gasteiger partial charge < -0.3 is 14.4 Å². The van der Waals surface area contributed by atoms with Crippen LogP contribution in [0.4, 0.5) is 0 Å². The van der Waals surface area contributed by atoms with Crippen LogP contribution in [0, 0.1) is 12.8 Å². The Morgan fingerprint density at radius 2 is 2.27 bits per heavy atom. The van der Waals surface area contributed by atoms with Crippen molar-refractivity contribution in [3.63, 3.8) is 0 Å². The number of nitrogens with zero attached hydrogens (tertiary/aromatic N) is 3. The Kier molecular flexibility index (Phi) is 4.59. The van der Waals surface area contributed by atoms with Gasteiger partial charge >= 0.3 is 0 Å². The van der Waals surface area contributed by atoms with E-state index in [-0.39, 0.29) is 11.5 Å². The number of carbonyl (C=O) groups is 1. The van der Waals surface area contributed by atoms with Crippen LogP contribution in [0.1, 0.15) is 28.8 Å². The van der Waals surface area contributed by atoms with E-state index in [9.17, 15) is 4.79 Å². The summed E-state index contributed by atoms with van der Waals surface area (Å²) in [7, 11) is 0. The van der Waals surface area contributed by atoms with Crippen molar-refractivity contribution < 1.29 is 14.3 Å². The Bertz CT molecular complexity index is 775. The van der Waals surface area contributed by atoms with Gasteiger partial charge in [-0.15, -0.1) is 0 Å². The first-order chi connectivity index (χ1) is 12.7. The summed E-state index contributed by atoms with van der Waals surface area (Å²) in [6, 6.07) is 7.53. The smallest absolute Gasteiger partial charge is 0.255 e. The van der Waals surface area contributed by atoms with Crippen molar-refractivity contribution in [3.05, 3.63) is 54.0 Å². The number of aromatic nitrogens is 2. The Morgan fingerprint density at radius 3 is 3.04 bits per heavy atom. The molecule has 0 aliphatic carbocycles. The molecule has 2 fully saturated rings. The summed E-state index contributed by atoms with van der Waals surface area (Å²) >= 11 is 0. The van der Waals surface area contributed by atoms with Crippen LogP contribution in [0.3, 0.4) is 0 Å². The van der Waals surface area contributed by atoms with Crippen molar-refractivity contribution >= 4 is 5.91 Å². The highest BCUT2D eigenvalue weighted by Crippen LogP contribution is 2.42. The first kappa shape index (κ1) is 17.0. The first-order valence-corrected chi connectivity index (χ1v) is 9.05. The fraction of sp³-hybridized carbons (Fsp3) is 0.450. The minimum atomic E-state index is -0.208. The SMILES string of the molecule is Cc1cncc(C(=O)N2CC3(C2)OCCC3CCOc2ccccn2)c1. The van der Waals surface area contributed by atoms with Gasteiger partial charge in [-0.25, -0.2) is 4.98 Å². The van der Waals surface area contributed by atoms with E-state index in [0.717, 1.165) is 25.0 Å². The van der Waals surface area contributed by atoms with Crippen LogP contribution >= 0.6 is 0 Å². The summed E-state index contributed by atoms with van der Waals surface area (Å²) in [4.78, 5) is 22.8. The monoisotopic (exact) mass is 353 g/mol. The van der Waals surface area contributed by atoms with E-state index < -0.39 is 0 Å². The molecule has 2 aromatic heterocycles. The van der Waals surface area contributed by atoms with E-state index in [4.69, 9.17) is 9.47 Å². The summed E-state index contributed by atoms with van der Waals surface area (Å²) in [5, 5.41) is 0. The fourth-order valence-electron chi connectivity index (χ4n) is 3.88. The molecule has 0 saturated carbocycles. The highest BCUT2D eigenvalue weighted by molar-refractivity contribution is 5.94. The molecule has 1 spiro atoms. The number of ether oxygens (including phenoxy) is 2.